The van der Waals surface area contributed by atoms with Gasteiger partial charge in [0.2, 0.25) is 0 Å². The second kappa shape index (κ2) is 5.05. The van der Waals surface area contributed by atoms with E-state index in [1.165, 1.54) is 11.3 Å². The number of fused-ring (bicyclic) bond motifs is 2. The van der Waals surface area contributed by atoms with Crippen molar-refractivity contribution in [3.8, 4) is 11.3 Å². The number of thiophene rings is 1. The molecular formula is C18H14F2N4OS. The van der Waals surface area contributed by atoms with Gasteiger partial charge in [0.25, 0.3) is 5.92 Å². The predicted octanol–water partition coefficient (Wildman–Crippen LogP) is 4.16. The number of nitrogens with zero attached hydrogens (tertiary/aromatic N) is 3. The van der Waals surface area contributed by atoms with Gasteiger partial charge in [0, 0.05) is 34.9 Å². The molecule has 0 unspecified atom stereocenters. The fraction of sp³-hybridized carbons (Fsp3) is 0.278. The molecule has 1 aliphatic carbocycles. The van der Waals surface area contributed by atoms with Crippen LogP contribution < -0.4 is 0 Å². The predicted molar refractivity (Wildman–Crippen MR) is 95.3 cm³/mol. The average Bonchev–Trinajstić information content (AvgIpc) is 3.13. The fourth-order valence-electron chi connectivity index (χ4n) is 3.45. The van der Waals surface area contributed by atoms with Crippen LogP contribution in [0.25, 0.3) is 32.6 Å². The van der Waals surface area contributed by atoms with Crippen LogP contribution in [0.1, 0.15) is 23.5 Å². The van der Waals surface area contributed by atoms with E-state index < -0.39 is 24.4 Å². The summed E-state index contributed by atoms with van der Waals surface area (Å²) < 4.78 is 26.4. The van der Waals surface area contributed by atoms with E-state index in [4.69, 9.17) is 0 Å². The van der Waals surface area contributed by atoms with Crippen molar-refractivity contribution in [3.63, 3.8) is 0 Å². The van der Waals surface area contributed by atoms with Crippen molar-refractivity contribution in [2.45, 2.75) is 31.3 Å². The van der Waals surface area contributed by atoms with Gasteiger partial charge >= 0.3 is 0 Å². The Morgan fingerprint density at radius 1 is 1.19 bits per heavy atom. The molecule has 132 valence electrons. The molecule has 8 heteroatoms. The van der Waals surface area contributed by atoms with Crippen LogP contribution in [-0.2, 0) is 5.60 Å². The van der Waals surface area contributed by atoms with Gasteiger partial charge in [0.15, 0.2) is 5.65 Å². The monoisotopic (exact) mass is 372 g/mol. The first kappa shape index (κ1) is 15.8. The molecule has 4 aromatic rings. The molecule has 2 N–H and O–H groups in total. The highest BCUT2D eigenvalue weighted by atomic mass is 32.1. The molecule has 0 aromatic carbocycles. The van der Waals surface area contributed by atoms with E-state index in [2.05, 4.69) is 19.9 Å². The Morgan fingerprint density at radius 2 is 2.00 bits per heavy atom. The maximum atomic E-state index is 13.2. The largest absolute Gasteiger partial charge is 0.384 e. The molecule has 0 amide bonds. The van der Waals surface area contributed by atoms with E-state index >= 15 is 0 Å². The molecule has 0 aliphatic heterocycles. The van der Waals surface area contributed by atoms with Gasteiger partial charge in [-0.2, -0.15) is 0 Å². The standard InChI is InChI=1S/C18H14F2N4OS/c1-9-22-13-4-11(6-21-15(13)23-9)12-3-2-10-5-14(26-16(10)24-12)17(25)7-18(19,20)8-17/h2-6,25H,7-8H2,1H3,(H,21,22,23). The lowest BCUT2D eigenvalue weighted by Gasteiger charge is -2.42. The first-order valence-electron chi connectivity index (χ1n) is 8.15. The summed E-state index contributed by atoms with van der Waals surface area (Å²) in [5.74, 6) is -1.99. The van der Waals surface area contributed by atoms with Gasteiger partial charge in [0.1, 0.15) is 16.3 Å². The fourth-order valence-corrected chi connectivity index (χ4v) is 4.56. The van der Waals surface area contributed by atoms with Gasteiger partial charge in [-0.15, -0.1) is 11.3 Å². The lowest BCUT2D eigenvalue weighted by molar-refractivity contribution is -0.208. The van der Waals surface area contributed by atoms with Gasteiger partial charge in [-0.05, 0) is 31.2 Å². The summed E-state index contributed by atoms with van der Waals surface area (Å²) in [7, 11) is 0. The van der Waals surface area contributed by atoms with E-state index in [1.54, 1.807) is 12.3 Å². The highest BCUT2D eigenvalue weighted by Crippen LogP contribution is 2.53. The van der Waals surface area contributed by atoms with Crippen LogP contribution in [0, 0.1) is 6.92 Å². The summed E-state index contributed by atoms with van der Waals surface area (Å²) in [5, 5.41) is 11.2. The molecule has 0 atom stereocenters. The number of imidazole rings is 1. The topological polar surface area (TPSA) is 74.7 Å². The summed E-state index contributed by atoms with van der Waals surface area (Å²) in [6.07, 6.45) is 0.657. The van der Waals surface area contributed by atoms with Crippen LogP contribution in [0.2, 0.25) is 0 Å². The molecule has 1 aliphatic rings. The zero-order valence-electron chi connectivity index (χ0n) is 13.8. The normalized spacial score (nSPS) is 18.3. The number of rotatable bonds is 2. The smallest absolute Gasteiger partial charge is 0.254 e. The van der Waals surface area contributed by atoms with Crippen LogP contribution in [0.15, 0.2) is 30.5 Å². The van der Waals surface area contributed by atoms with E-state index in [9.17, 15) is 13.9 Å². The molecule has 0 radical (unpaired) electrons. The van der Waals surface area contributed by atoms with Gasteiger partial charge < -0.3 is 10.1 Å². The number of H-pyrrole nitrogens is 1. The minimum Gasteiger partial charge on any atom is -0.384 e. The Labute approximate surface area is 150 Å². The number of halogens is 2. The van der Waals surface area contributed by atoms with Crippen molar-refractivity contribution in [3.05, 3.63) is 41.2 Å². The van der Waals surface area contributed by atoms with E-state index in [1.807, 2.05) is 25.1 Å². The van der Waals surface area contributed by atoms with E-state index in [-0.39, 0.29) is 0 Å². The maximum Gasteiger partial charge on any atom is 0.254 e. The van der Waals surface area contributed by atoms with Crippen molar-refractivity contribution >= 4 is 32.7 Å². The second-order valence-electron chi connectivity index (χ2n) is 6.86. The van der Waals surface area contributed by atoms with Gasteiger partial charge in [-0.1, -0.05) is 0 Å². The zero-order chi connectivity index (χ0) is 18.1. The number of aromatic nitrogens is 4. The Morgan fingerprint density at radius 3 is 2.77 bits per heavy atom. The Bertz CT molecular complexity index is 1160. The van der Waals surface area contributed by atoms with Crippen LogP contribution in [-0.4, -0.2) is 31.0 Å². The molecule has 5 nitrogen and oxygen atoms in total. The third kappa shape index (κ3) is 2.40. The van der Waals surface area contributed by atoms with Gasteiger partial charge in [0.05, 0.1) is 11.2 Å². The quantitative estimate of drug-likeness (QED) is 0.554. The lowest BCUT2D eigenvalue weighted by atomic mass is 9.75. The molecule has 1 fully saturated rings. The zero-order valence-corrected chi connectivity index (χ0v) is 14.6. The highest BCUT2D eigenvalue weighted by molar-refractivity contribution is 7.18. The molecule has 0 spiro atoms. The van der Waals surface area contributed by atoms with Crippen molar-refractivity contribution in [2.24, 2.45) is 0 Å². The van der Waals surface area contributed by atoms with Crippen molar-refractivity contribution in [1.29, 1.82) is 0 Å². The lowest BCUT2D eigenvalue weighted by Crippen LogP contribution is -2.48. The summed E-state index contributed by atoms with van der Waals surface area (Å²) in [6, 6.07) is 7.45. The third-order valence-electron chi connectivity index (χ3n) is 4.70. The minimum atomic E-state index is -2.78. The van der Waals surface area contributed by atoms with Gasteiger partial charge in [-0.3, -0.25) is 0 Å². The van der Waals surface area contributed by atoms with Crippen LogP contribution in [0.4, 0.5) is 8.78 Å². The number of hydrogen-bond donors (Lipinski definition) is 2. The van der Waals surface area contributed by atoms with Crippen molar-refractivity contribution in [2.75, 3.05) is 0 Å². The Balaban J connectivity index is 1.55. The Kier molecular flexibility index (Phi) is 3.06. The molecule has 1 saturated carbocycles. The SMILES string of the molecule is Cc1nc2ncc(-c3ccc4cc(C5(O)CC(F)(F)C5)sc4n3)cc2[nH]1. The number of hydrogen-bond acceptors (Lipinski definition) is 5. The molecule has 26 heavy (non-hydrogen) atoms. The number of pyridine rings is 2. The summed E-state index contributed by atoms with van der Waals surface area (Å²) in [4.78, 5) is 17.7. The second-order valence-corrected chi connectivity index (χ2v) is 7.89. The first-order valence-corrected chi connectivity index (χ1v) is 8.97. The van der Waals surface area contributed by atoms with Crippen LogP contribution in [0.5, 0.6) is 0 Å². The average molecular weight is 372 g/mol. The maximum absolute atomic E-state index is 13.2. The summed E-state index contributed by atoms with van der Waals surface area (Å²) in [5.41, 5.74) is 1.62. The number of nitrogens with one attached hydrogen (secondary N) is 1. The summed E-state index contributed by atoms with van der Waals surface area (Å²) >= 11 is 1.26. The molecule has 4 aromatic heterocycles. The van der Waals surface area contributed by atoms with E-state index in [0.717, 1.165) is 28.0 Å². The third-order valence-corrected chi connectivity index (χ3v) is 5.93. The van der Waals surface area contributed by atoms with Gasteiger partial charge in [-0.25, -0.2) is 23.7 Å². The highest BCUT2D eigenvalue weighted by Gasteiger charge is 2.57. The minimum absolute atomic E-state index is 0.528. The molecule has 4 heterocycles. The van der Waals surface area contributed by atoms with Crippen molar-refractivity contribution < 1.29 is 13.9 Å². The van der Waals surface area contributed by atoms with Crippen molar-refractivity contribution in [1.82, 2.24) is 19.9 Å². The van der Waals surface area contributed by atoms with Crippen LogP contribution >= 0.6 is 11.3 Å². The molecular weight excluding hydrogens is 358 g/mol. The number of aliphatic hydroxyl groups is 1. The molecule has 0 saturated heterocycles. The molecule has 0 bridgehead atoms. The van der Waals surface area contributed by atoms with E-state index in [0.29, 0.717) is 15.4 Å². The number of aromatic amines is 1. The number of aryl methyl sites for hydroxylation is 1. The number of alkyl halides is 2. The Hall–Kier alpha value is -2.45. The summed E-state index contributed by atoms with van der Waals surface area (Å²) in [6.45, 7) is 1.87. The van der Waals surface area contributed by atoms with Crippen LogP contribution in [0.3, 0.4) is 0 Å². The first-order chi connectivity index (χ1) is 12.3. The molecule has 5 rings (SSSR count).